The van der Waals surface area contributed by atoms with Gasteiger partial charge in [0.1, 0.15) is 0 Å². The maximum absolute atomic E-state index is 11.0. The second kappa shape index (κ2) is 2.25. The zero-order valence-electron chi connectivity index (χ0n) is 7.13. The summed E-state index contributed by atoms with van der Waals surface area (Å²) in [5.41, 5.74) is 3.05. The molecule has 0 spiro atoms. The summed E-state index contributed by atoms with van der Waals surface area (Å²) in [6.45, 7) is 0. The van der Waals surface area contributed by atoms with E-state index in [1.54, 1.807) is 0 Å². The van der Waals surface area contributed by atoms with Gasteiger partial charge in [-0.2, -0.15) is 0 Å². The summed E-state index contributed by atoms with van der Waals surface area (Å²) >= 11 is 0. The predicted octanol–water partition coefficient (Wildman–Crippen LogP) is 1.73. The number of hydrogen-bond donors (Lipinski definition) is 2. The molecule has 0 amide bonds. The van der Waals surface area contributed by atoms with E-state index in [0.717, 1.165) is 17.0 Å². The summed E-state index contributed by atoms with van der Waals surface area (Å²) in [6.07, 6.45) is 2.58. The van der Waals surface area contributed by atoms with Crippen LogP contribution in [0.3, 0.4) is 0 Å². The third-order valence-electron chi connectivity index (χ3n) is 2.59. The number of imidazole rings is 1. The van der Waals surface area contributed by atoms with E-state index in [2.05, 4.69) is 22.1 Å². The van der Waals surface area contributed by atoms with Gasteiger partial charge in [-0.1, -0.05) is 6.07 Å². The van der Waals surface area contributed by atoms with Gasteiger partial charge in [-0.15, -0.1) is 0 Å². The number of hydrogen-bond acceptors (Lipinski definition) is 1. The highest BCUT2D eigenvalue weighted by atomic mass is 16.1. The van der Waals surface area contributed by atoms with Crippen molar-refractivity contribution >= 4 is 11.0 Å². The van der Waals surface area contributed by atoms with Crippen LogP contribution in [0.5, 0.6) is 0 Å². The quantitative estimate of drug-likeness (QED) is 0.679. The summed E-state index contributed by atoms with van der Waals surface area (Å²) in [5, 5.41) is 0. The van der Waals surface area contributed by atoms with Gasteiger partial charge in [0, 0.05) is 0 Å². The van der Waals surface area contributed by atoms with Crippen molar-refractivity contribution in [3.8, 4) is 0 Å². The molecule has 3 rings (SSSR count). The van der Waals surface area contributed by atoms with Gasteiger partial charge >= 0.3 is 5.69 Å². The summed E-state index contributed by atoms with van der Waals surface area (Å²) in [4.78, 5) is 16.5. The first-order valence-corrected chi connectivity index (χ1v) is 4.55. The highest BCUT2D eigenvalue weighted by Gasteiger charge is 2.23. The molecular weight excluding hydrogens is 164 g/mol. The van der Waals surface area contributed by atoms with E-state index in [4.69, 9.17) is 0 Å². The topological polar surface area (TPSA) is 48.6 Å². The number of benzene rings is 1. The molecule has 1 aromatic heterocycles. The van der Waals surface area contributed by atoms with Crippen LogP contribution in [0, 0.1) is 0 Å². The molecule has 1 aliphatic rings. The van der Waals surface area contributed by atoms with Crippen LogP contribution in [0.25, 0.3) is 11.0 Å². The molecule has 66 valence electrons. The zero-order valence-corrected chi connectivity index (χ0v) is 7.13. The van der Waals surface area contributed by atoms with E-state index in [-0.39, 0.29) is 5.69 Å². The summed E-state index contributed by atoms with van der Waals surface area (Å²) in [6, 6.07) is 6.15. The normalized spacial score (nSPS) is 16.6. The molecule has 0 aliphatic heterocycles. The Hall–Kier alpha value is -1.51. The van der Waals surface area contributed by atoms with Crippen molar-refractivity contribution in [1.82, 2.24) is 9.97 Å². The van der Waals surface area contributed by atoms with Gasteiger partial charge in [0.2, 0.25) is 0 Å². The third-order valence-corrected chi connectivity index (χ3v) is 2.59. The Balaban J connectivity index is 2.25. The van der Waals surface area contributed by atoms with E-state index in [0.29, 0.717) is 0 Å². The van der Waals surface area contributed by atoms with Crippen LogP contribution in [0.15, 0.2) is 23.0 Å². The minimum atomic E-state index is -0.122. The molecule has 0 saturated heterocycles. The van der Waals surface area contributed by atoms with Crippen molar-refractivity contribution in [3.63, 3.8) is 0 Å². The highest BCUT2D eigenvalue weighted by Crippen LogP contribution is 2.40. The predicted molar refractivity (Wildman–Crippen MR) is 50.9 cm³/mol. The second-order valence-electron chi connectivity index (χ2n) is 3.66. The SMILES string of the molecule is O=c1[nH]c2ccc(C3CC3)cc2[nH]1. The summed E-state index contributed by atoms with van der Waals surface area (Å²) in [5.74, 6) is 0.739. The molecule has 1 aromatic carbocycles. The maximum atomic E-state index is 11.0. The van der Waals surface area contributed by atoms with E-state index in [9.17, 15) is 4.79 Å². The fourth-order valence-corrected chi connectivity index (χ4v) is 1.72. The Labute approximate surface area is 74.8 Å². The largest absolute Gasteiger partial charge is 0.323 e. The molecule has 1 saturated carbocycles. The van der Waals surface area contributed by atoms with Crippen LogP contribution in [0.4, 0.5) is 0 Å². The minimum Gasteiger partial charge on any atom is -0.306 e. The number of aromatic amines is 2. The van der Waals surface area contributed by atoms with E-state index in [1.807, 2.05) is 6.07 Å². The fourth-order valence-electron chi connectivity index (χ4n) is 1.72. The minimum absolute atomic E-state index is 0.122. The van der Waals surface area contributed by atoms with Crippen LogP contribution in [-0.4, -0.2) is 9.97 Å². The van der Waals surface area contributed by atoms with Crippen molar-refractivity contribution < 1.29 is 0 Å². The average molecular weight is 174 g/mol. The molecule has 1 aliphatic carbocycles. The molecule has 13 heavy (non-hydrogen) atoms. The number of aromatic nitrogens is 2. The first-order chi connectivity index (χ1) is 6.33. The maximum Gasteiger partial charge on any atom is 0.323 e. The number of fused-ring (bicyclic) bond motifs is 1. The molecule has 3 nitrogen and oxygen atoms in total. The molecule has 2 N–H and O–H groups in total. The smallest absolute Gasteiger partial charge is 0.306 e. The van der Waals surface area contributed by atoms with Crippen LogP contribution in [0.2, 0.25) is 0 Å². The van der Waals surface area contributed by atoms with Crippen LogP contribution in [-0.2, 0) is 0 Å². The molecule has 1 heterocycles. The summed E-state index contributed by atoms with van der Waals surface area (Å²) in [7, 11) is 0. The first-order valence-electron chi connectivity index (χ1n) is 4.55. The fraction of sp³-hybridized carbons (Fsp3) is 0.300. The Kier molecular flexibility index (Phi) is 1.20. The lowest BCUT2D eigenvalue weighted by Crippen LogP contribution is -1.99. The Bertz CT molecular complexity index is 505. The Morgan fingerprint density at radius 2 is 1.92 bits per heavy atom. The Morgan fingerprint density at radius 1 is 1.15 bits per heavy atom. The standard InChI is InChI=1S/C10H10N2O/c13-10-11-8-4-3-7(6-1-2-6)5-9(8)12-10/h3-6H,1-2H2,(H2,11,12,13). The molecule has 1 fully saturated rings. The molecule has 0 atom stereocenters. The lowest BCUT2D eigenvalue weighted by atomic mass is 10.1. The van der Waals surface area contributed by atoms with E-state index < -0.39 is 0 Å². The lowest BCUT2D eigenvalue weighted by molar-refractivity contribution is 1.13. The lowest BCUT2D eigenvalue weighted by Gasteiger charge is -1.96. The number of rotatable bonds is 1. The van der Waals surface area contributed by atoms with Gasteiger partial charge in [0.25, 0.3) is 0 Å². The molecule has 0 radical (unpaired) electrons. The monoisotopic (exact) mass is 174 g/mol. The van der Waals surface area contributed by atoms with Crippen molar-refractivity contribution in [2.45, 2.75) is 18.8 Å². The van der Waals surface area contributed by atoms with Gasteiger partial charge in [0.15, 0.2) is 0 Å². The second-order valence-corrected chi connectivity index (χ2v) is 3.66. The van der Waals surface area contributed by atoms with E-state index >= 15 is 0 Å². The van der Waals surface area contributed by atoms with Crippen LogP contribution < -0.4 is 5.69 Å². The number of nitrogens with one attached hydrogen (secondary N) is 2. The average Bonchev–Trinajstić information content (AvgIpc) is 2.87. The van der Waals surface area contributed by atoms with Crippen LogP contribution >= 0.6 is 0 Å². The Morgan fingerprint density at radius 3 is 2.69 bits per heavy atom. The van der Waals surface area contributed by atoms with Gasteiger partial charge in [-0.05, 0) is 36.5 Å². The van der Waals surface area contributed by atoms with Crippen LogP contribution in [0.1, 0.15) is 24.3 Å². The van der Waals surface area contributed by atoms with Crippen molar-refractivity contribution in [2.24, 2.45) is 0 Å². The van der Waals surface area contributed by atoms with Crippen molar-refractivity contribution in [1.29, 1.82) is 0 Å². The molecule has 2 aromatic rings. The van der Waals surface area contributed by atoms with Gasteiger partial charge < -0.3 is 9.97 Å². The number of H-pyrrole nitrogens is 2. The van der Waals surface area contributed by atoms with Gasteiger partial charge in [-0.25, -0.2) is 4.79 Å². The van der Waals surface area contributed by atoms with Crippen molar-refractivity contribution in [2.75, 3.05) is 0 Å². The molecule has 0 bridgehead atoms. The molecule has 3 heteroatoms. The molecule has 0 unspecified atom stereocenters. The first kappa shape index (κ1) is 6.95. The van der Waals surface area contributed by atoms with Crippen molar-refractivity contribution in [3.05, 3.63) is 34.2 Å². The van der Waals surface area contributed by atoms with E-state index in [1.165, 1.54) is 18.4 Å². The highest BCUT2D eigenvalue weighted by molar-refractivity contribution is 5.75. The third kappa shape index (κ3) is 1.08. The summed E-state index contributed by atoms with van der Waals surface area (Å²) < 4.78 is 0. The van der Waals surface area contributed by atoms with Gasteiger partial charge in [0.05, 0.1) is 11.0 Å². The zero-order chi connectivity index (χ0) is 8.84. The molecular formula is C10H10N2O. The van der Waals surface area contributed by atoms with Gasteiger partial charge in [-0.3, -0.25) is 0 Å².